The number of aromatic nitrogens is 5. The Morgan fingerprint density at radius 2 is 2.22 bits per heavy atom. The number of hydrogen-bond donors (Lipinski definition) is 2. The van der Waals surface area contributed by atoms with Crippen molar-refractivity contribution in [3.63, 3.8) is 0 Å². The highest BCUT2D eigenvalue weighted by Gasteiger charge is 2.17. The molecule has 0 atom stereocenters. The number of fused-ring (bicyclic) bond motifs is 3. The van der Waals surface area contributed by atoms with Crippen LogP contribution in [-0.2, 0) is 13.5 Å². The van der Waals surface area contributed by atoms with Gasteiger partial charge in [-0.1, -0.05) is 0 Å². The summed E-state index contributed by atoms with van der Waals surface area (Å²) in [5, 5.41) is 16.2. The van der Waals surface area contributed by atoms with Gasteiger partial charge in [0, 0.05) is 26.3 Å². The van der Waals surface area contributed by atoms with Gasteiger partial charge in [0.2, 0.25) is 0 Å². The van der Waals surface area contributed by atoms with Crippen LogP contribution in [0.1, 0.15) is 17.9 Å². The molecule has 0 saturated heterocycles. The maximum absolute atomic E-state index is 9.07. The summed E-state index contributed by atoms with van der Waals surface area (Å²) in [4.78, 5) is 10.6. The van der Waals surface area contributed by atoms with E-state index >= 15 is 0 Å². The molecule has 2 N–H and O–H groups in total. The van der Waals surface area contributed by atoms with Gasteiger partial charge >= 0.3 is 0 Å². The molecule has 4 aromatic rings. The molecule has 23 heavy (non-hydrogen) atoms. The molecular weight excluding hydrogens is 310 g/mol. The topological polar surface area (TPSA) is 79.6 Å². The van der Waals surface area contributed by atoms with E-state index in [1.165, 1.54) is 0 Å². The summed E-state index contributed by atoms with van der Waals surface area (Å²) >= 11 is 1.69. The van der Waals surface area contributed by atoms with Crippen LogP contribution in [0.5, 0.6) is 0 Å². The zero-order valence-corrected chi connectivity index (χ0v) is 13.8. The van der Waals surface area contributed by atoms with Gasteiger partial charge in [0.1, 0.15) is 17.0 Å². The number of H-pyrrole nitrogens is 1. The van der Waals surface area contributed by atoms with Crippen LogP contribution in [0.25, 0.3) is 31.8 Å². The minimum absolute atomic E-state index is 0.179. The normalized spacial score (nSPS) is 11.8. The van der Waals surface area contributed by atoms with Gasteiger partial charge in [-0.2, -0.15) is 5.10 Å². The SMILES string of the molecule is Cc1nc2cc(-c3cc[nH]n3)sc2c2c1nc(CCCO)n2C. The van der Waals surface area contributed by atoms with Gasteiger partial charge in [0.25, 0.3) is 0 Å². The van der Waals surface area contributed by atoms with E-state index in [2.05, 4.69) is 20.8 Å². The van der Waals surface area contributed by atoms with Gasteiger partial charge in [-0.05, 0) is 25.5 Å². The Morgan fingerprint density at radius 1 is 1.35 bits per heavy atom. The molecule has 0 aliphatic carbocycles. The average Bonchev–Trinajstić information content (AvgIpc) is 3.24. The quantitative estimate of drug-likeness (QED) is 0.604. The Hall–Kier alpha value is -2.25. The number of aromatic amines is 1. The maximum atomic E-state index is 9.07. The van der Waals surface area contributed by atoms with E-state index < -0.39 is 0 Å². The number of rotatable bonds is 4. The molecule has 0 aromatic carbocycles. The van der Waals surface area contributed by atoms with Crippen molar-refractivity contribution in [1.82, 2.24) is 24.7 Å². The van der Waals surface area contributed by atoms with Gasteiger partial charge in [0.15, 0.2) is 0 Å². The van der Waals surface area contributed by atoms with Gasteiger partial charge in [-0.3, -0.25) is 5.10 Å². The number of aliphatic hydroxyl groups is 1. The monoisotopic (exact) mass is 327 g/mol. The summed E-state index contributed by atoms with van der Waals surface area (Å²) in [5.41, 5.74) is 4.91. The summed E-state index contributed by atoms with van der Waals surface area (Å²) < 4.78 is 3.26. The number of nitrogens with zero attached hydrogens (tertiary/aromatic N) is 4. The molecule has 118 valence electrons. The second-order valence-electron chi connectivity index (χ2n) is 5.59. The third-order valence-electron chi connectivity index (χ3n) is 4.06. The summed E-state index contributed by atoms with van der Waals surface area (Å²) in [6.45, 7) is 2.18. The molecule has 0 aliphatic heterocycles. The Labute approximate surface area is 136 Å². The predicted octanol–water partition coefficient (Wildman–Crippen LogP) is 2.81. The second kappa shape index (κ2) is 5.43. The minimum Gasteiger partial charge on any atom is -0.396 e. The number of aliphatic hydroxyl groups excluding tert-OH is 1. The summed E-state index contributed by atoms with van der Waals surface area (Å²) in [6, 6.07) is 4.05. The number of imidazole rings is 1. The molecular formula is C16H17N5OS. The van der Waals surface area contributed by atoms with Crippen molar-refractivity contribution in [1.29, 1.82) is 0 Å². The van der Waals surface area contributed by atoms with Gasteiger partial charge in [0.05, 0.1) is 26.3 Å². The van der Waals surface area contributed by atoms with Crippen LogP contribution < -0.4 is 0 Å². The average molecular weight is 327 g/mol. The molecule has 0 spiro atoms. The van der Waals surface area contributed by atoms with Crippen molar-refractivity contribution in [2.45, 2.75) is 19.8 Å². The highest BCUT2D eigenvalue weighted by Crippen LogP contribution is 2.37. The molecule has 4 rings (SSSR count). The van der Waals surface area contributed by atoms with E-state index in [-0.39, 0.29) is 6.61 Å². The van der Waals surface area contributed by atoms with Crippen LogP contribution in [0.4, 0.5) is 0 Å². The first-order valence-corrected chi connectivity index (χ1v) is 8.37. The smallest absolute Gasteiger partial charge is 0.111 e. The Bertz CT molecular complexity index is 983. The van der Waals surface area contributed by atoms with Crippen molar-refractivity contribution in [2.24, 2.45) is 7.05 Å². The highest BCUT2D eigenvalue weighted by molar-refractivity contribution is 7.23. The fourth-order valence-corrected chi connectivity index (χ4v) is 4.06. The van der Waals surface area contributed by atoms with Gasteiger partial charge < -0.3 is 9.67 Å². The standard InChI is InChI=1S/C16H17N5OS/c1-9-14-15(21(2)13(19-14)4-3-7-22)16-11(18-9)8-12(23-16)10-5-6-17-20-10/h5-6,8,22H,3-4,7H2,1-2H3,(H,17,20). The molecule has 0 unspecified atom stereocenters. The van der Waals surface area contributed by atoms with E-state index in [0.717, 1.165) is 56.2 Å². The number of aryl methyl sites for hydroxylation is 3. The molecule has 0 fully saturated rings. The number of thiophene rings is 1. The molecule has 0 amide bonds. The van der Waals surface area contributed by atoms with Crippen LogP contribution in [0.15, 0.2) is 18.3 Å². The van der Waals surface area contributed by atoms with Crippen molar-refractivity contribution < 1.29 is 5.11 Å². The minimum atomic E-state index is 0.179. The number of hydrogen-bond acceptors (Lipinski definition) is 5. The largest absolute Gasteiger partial charge is 0.396 e. The zero-order valence-electron chi connectivity index (χ0n) is 13.0. The maximum Gasteiger partial charge on any atom is 0.111 e. The van der Waals surface area contributed by atoms with Gasteiger partial charge in [-0.25, -0.2) is 9.97 Å². The predicted molar refractivity (Wildman–Crippen MR) is 91.6 cm³/mol. The van der Waals surface area contributed by atoms with Crippen molar-refractivity contribution in [2.75, 3.05) is 6.61 Å². The molecule has 4 heterocycles. The molecule has 6 nitrogen and oxygen atoms in total. The highest BCUT2D eigenvalue weighted by atomic mass is 32.1. The number of nitrogens with one attached hydrogen (secondary N) is 1. The molecule has 7 heteroatoms. The van der Waals surface area contributed by atoms with E-state index in [1.54, 1.807) is 11.3 Å². The molecule has 0 saturated carbocycles. The Kier molecular flexibility index (Phi) is 3.39. The number of pyridine rings is 1. The lowest BCUT2D eigenvalue weighted by molar-refractivity contribution is 0.287. The fourth-order valence-electron chi connectivity index (χ4n) is 2.91. The van der Waals surface area contributed by atoms with Crippen LogP contribution in [-0.4, -0.2) is 36.4 Å². The second-order valence-corrected chi connectivity index (χ2v) is 6.65. The first-order valence-electron chi connectivity index (χ1n) is 7.55. The van der Waals surface area contributed by atoms with Crippen LogP contribution in [0.2, 0.25) is 0 Å². The molecule has 4 aromatic heterocycles. The Morgan fingerprint density at radius 3 is 2.96 bits per heavy atom. The van der Waals surface area contributed by atoms with Crippen molar-refractivity contribution in [3.8, 4) is 10.6 Å². The summed E-state index contributed by atoms with van der Waals surface area (Å²) in [6.07, 6.45) is 3.31. The van der Waals surface area contributed by atoms with Gasteiger partial charge in [-0.15, -0.1) is 11.3 Å². The molecule has 0 aliphatic rings. The lowest BCUT2D eigenvalue weighted by Gasteiger charge is -2.02. The summed E-state index contributed by atoms with van der Waals surface area (Å²) in [7, 11) is 2.04. The van der Waals surface area contributed by atoms with E-state index in [0.29, 0.717) is 0 Å². The third kappa shape index (κ3) is 2.24. The lowest BCUT2D eigenvalue weighted by atomic mass is 10.2. The van der Waals surface area contributed by atoms with Crippen LogP contribution in [0, 0.1) is 6.92 Å². The van der Waals surface area contributed by atoms with E-state index in [4.69, 9.17) is 15.1 Å². The molecule has 0 radical (unpaired) electrons. The lowest BCUT2D eigenvalue weighted by Crippen LogP contribution is -1.99. The first kappa shape index (κ1) is 14.3. The van der Waals surface area contributed by atoms with Crippen molar-refractivity contribution in [3.05, 3.63) is 29.8 Å². The zero-order chi connectivity index (χ0) is 16.0. The summed E-state index contributed by atoms with van der Waals surface area (Å²) in [5.74, 6) is 0.987. The Balaban J connectivity index is 1.97. The molecule has 0 bridgehead atoms. The van der Waals surface area contributed by atoms with Crippen molar-refractivity contribution >= 4 is 32.6 Å². The van der Waals surface area contributed by atoms with E-state index in [9.17, 15) is 0 Å². The third-order valence-corrected chi connectivity index (χ3v) is 5.21. The van der Waals surface area contributed by atoms with E-state index in [1.807, 2.05) is 26.2 Å². The van der Waals surface area contributed by atoms with Crippen LogP contribution in [0.3, 0.4) is 0 Å². The van der Waals surface area contributed by atoms with Crippen LogP contribution >= 0.6 is 11.3 Å². The first-order chi connectivity index (χ1) is 11.2. The fraction of sp³-hybridized carbons (Fsp3) is 0.312.